The van der Waals surface area contributed by atoms with E-state index in [2.05, 4.69) is 5.10 Å². The van der Waals surface area contributed by atoms with Crippen molar-refractivity contribution in [2.45, 2.75) is 0 Å². The Hall–Kier alpha value is -3.60. The zero-order valence-electron chi connectivity index (χ0n) is 15.3. The van der Waals surface area contributed by atoms with Crippen molar-refractivity contribution < 1.29 is 4.79 Å². The van der Waals surface area contributed by atoms with Gasteiger partial charge in [-0.2, -0.15) is 5.10 Å². The lowest BCUT2D eigenvalue weighted by Crippen LogP contribution is -2.38. The van der Waals surface area contributed by atoms with Crippen LogP contribution in [0.4, 0.5) is 16.2 Å². The van der Waals surface area contributed by atoms with Crippen LogP contribution in [-0.4, -0.2) is 29.9 Å². The molecular weight excluding hydrogens is 336 g/mol. The predicted octanol–water partition coefficient (Wildman–Crippen LogP) is 4.72. The molecule has 0 N–H and O–H groups in total. The van der Waals surface area contributed by atoms with E-state index in [1.807, 2.05) is 89.7 Å². The van der Waals surface area contributed by atoms with E-state index in [-0.39, 0.29) is 6.03 Å². The number of nitrogens with zero attached hydrogens (tertiary/aromatic N) is 4. The fourth-order valence-electron chi connectivity index (χ4n) is 3.10. The molecule has 1 aromatic heterocycles. The van der Waals surface area contributed by atoms with Crippen molar-refractivity contribution in [3.63, 3.8) is 0 Å². The first-order valence-corrected chi connectivity index (χ1v) is 8.75. The highest BCUT2D eigenvalue weighted by molar-refractivity contribution is 6.03. The number of hydrogen-bond acceptors (Lipinski definition) is 2. The van der Waals surface area contributed by atoms with Gasteiger partial charge in [0.2, 0.25) is 0 Å². The topological polar surface area (TPSA) is 41.4 Å². The molecule has 0 fully saturated rings. The second kappa shape index (κ2) is 6.96. The third kappa shape index (κ3) is 3.15. The van der Waals surface area contributed by atoms with Gasteiger partial charge < -0.3 is 0 Å². The summed E-state index contributed by atoms with van der Waals surface area (Å²) in [6, 6.07) is 25.4. The molecule has 3 aromatic carbocycles. The fourth-order valence-corrected chi connectivity index (χ4v) is 3.10. The third-order valence-corrected chi connectivity index (χ3v) is 4.66. The number of anilines is 2. The summed E-state index contributed by atoms with van der Waals surface area (Å²) in [6.07, 6.45) is 1.82. The van der Waals surface area contributed by atoms with Crippen LogP contribution in [0.1, 0.15) is 0 Å². The summed E-state index contributed by atoms with van der Waals surface area (Å²) < 4.78 is 1.90. The first-order valence-electron chi connectivity index (χ1n) is 8.75. The number of benzene rings is 3. The number of hydrogen-bond donors (Lipinski definition) is 0. The summed E-state index contributed by atoms with van der Waals surface area (Å²) in [5.74, 6) is 0. The van der Waals surface area contributed by atoms with Crippen LogP contribution in [0.3, 0.4) is 0 Å². The first kappa shape index (κ1) is 16.8. The van der Waals surface area contributed by atoms with Gasteiger partial charge in [-0.1, -0.05) is 36.4 Å². The molecule has 0 saturated carbocycles. The van der Waals surface area contributed by atoms with Crippen molar-refractivity contribution in [1.29, 1.82) is 0 Å². The second-order valence-corrected chi connectivity index (χ2v) is 6.37. The number of para-hydroxylation sites is 2. The number of urea groups is 1. The van der Waals surface area contributed by atoms with Crippen LogP contribution >= 0.6 is 0 Å². The molecule has 0 aliphatic carbocycles. The fraction of sp³-hybridized carbons (Fsp3) is 0.0909. The summed E-state index contributed by atoms with van der Waals surface area (Å²) in [7, 11) is 3.56. The van der Waals surface area contributed by atoms with Crippen molar-refractivity contribution in [3.8, 4) is 5.69 Å². The summed E-state index contributed by atoms with van der Waals surface area (Å²) in [5, 5.41) is 5.48. The van der Waals surface area contributed by atoms with Crippen LogP contribution < -0.4 is 9.80 Å². The largest absolute Gasteiger partial charge is 0.328 e. The van der Waals surface area contributed by atoms with E-state index in [0.29, 0.717) is 0 Å². The van der Waals surface area contributed by atoms with Crippen molar-refractivity contribution in [2.24, 2.45) is 0 Å². The minimum Gasteiger partial charge on any atom is -0.297 e. The quantitative estimate of drug-likeness (QED) is 0.533. The number of carbonyl (C=O) groups is 1. The minimum atomic E-state index is -0.101. The summed E-state index contributed by atoms with van der Waals surface area (Å²) in [4.78, 5) is 16.1. The molecule has 0 aliphatic heterocycles. The molecule has 4 aromatic rings. The first-order chi connectivity index (χ1) is 13.1. The molecule has 2 amide bonds. The van der Waals surface area contributed by atoms with E-state index in [1.54, 1.807) is 23.9 Å². The normalized spacial score (nSPS) is 10.7. The van der Waals surface area contributed by atoms with Crippen LogP contribution in [0.15, 0.2) is 85.1 Å². The number of fused-ring (bicyclic) bond motifs is 1. The maximum atomic E-state index is 12.8. The maximum absolute atomic E-state index is 12.8. The van der Waals surface area contributed by atoms with E-state index in [4.69, 9.17) is 0 Å². The van der Waals surface area contributed by atoms with E-state index in [9.17, 15) is 4.79 Å². The lowest BCUT2D eigenvalue weighted by Gasteiger charge is -2.25. The van der Waals surface area contributed by atoms with Gasteiger partial charge in [0.15, 0.2) is 0 Å². The highest BCUT2D eigenvalue weighted by Gasteiger charge is 2.18. The Morgan fingerprint density at radius 3 is 2.15 bits per heavy atom. The average Bonchev–Trinajstić information content (AvgIpc) is 3.16. The number of amides is 2. The Kier molecular flexibility index (Phi) is 4.34. The van der Waals surface area contributed by atoms with Crippen molar-refractivity contribution in [2.75, 3.05) is 23.9 Å². The summed E-state index contributed by atoms with van der Waals surface area (Å²) in [5.41, 5.74) is 3.69. The molecule has 5 heteroatoms. The van der Waals surface area contributed by atoms with Crippen LogP contribution in [0, 0.1) is 0 Å². The van der Waals surface area contributed by atoms with Gasteiger partial charge in [0.25, 0.3) is 0 Å². The molecule has 0 aliphatic rings. The van der Waals surface area contributed by atoms with Crippen LogP contribution in [0.2, 0.25) is 0 Å². The smallest absolute Gasteiger partial charge is 0.297 e. The van der Waals surface area contributed by atoms with E-state index < -0.39 is 0 Å². The van der Waals surface area contributed by atoms with Crippen molar-refractivity contribution in [1.82, 2.24) is 9.78 Å². The monoisotopic (exact) mass is 356 g/mol. The van der Waals surface area contributed by atoms with Gasteiger partial charge in [-0.05, 0) is 42.5 Å². The Bertz CT molecular complexity index is 1070. The van der Waals surface area contributed by atoms with Gasteiger partial charge in [-0.25, -0.2) is 9.48 Å². The lowest BCUT2D eigenvalue weighted by molar-refractivity contribution is 0.253. The Labute approximate surface area is 158 Å². The molecule has 27 heavy (non-hydrogen) atoms. The molecule has 4 rings (SSSR count). The molecule has 0 atom stereocenters. The van der Waals surface area contributed by atoms with Gasteiger partial charge in [0.1, 0.15) is 0 Å². The molecule has 5 nitrogen and oxygen atoms in total. The molecule has 0 unspecified atom stereocenters. The predicted molar refractivity (Wildman–Crippen MR) is 110 cm³/mol. The van der Waals surface area contributed by atoms with Gasteiger partial charge in [0, 0.05) is 30.9 Å². The second-order valence-electron chi connectivity index (χ2n) is 6.37. The number of rotatable bonds is 3. The highest BCUT2D eigenvalue weighted by Crippen LogP contribution is 2.25. The average molecular weight is 356 g/mol. The highest BCUT2D eigenvalue weighted by atomic mass is 16.2. The van der Waals surface area contributed by atoms with Gasteiger partial charge in [0.05, 0.1) is 17.4 Å². The third-order valence-electron chi connectivity index (χ3n) is 4.66. The van der Waals surface area contributed by atoms with E-state index in [1.165, 1.54) is 0 Å². The Balaban J connectivity index is 1.63. The van der Waals surface area contributed by atoms with Crippen molar-refractivity contribution >= 4 is 28.3 Å². The summed E-state index contributed by atoms with van der Waals surface area (Å²) in [6.45, 7) is 0. The zero-order chi connectivity index (χ0) is 18.8. The van der Waals surface area contributed by atoms with Gasteiger partial charge >= 0.3 is 6.03 Å². The minimum absolute atomic E-state index is 0.101. The SMILES string of the molecule is CN(C(=O)N(C)c1ccc2c(cnn2-c2ccccc2)c1)c1ccccc1. The number of aromatic nitrogens is 2. The lowest BCUT2D eigenvalue weighted by atomic mass is 10.2. The molecule has 0 radical (unpaired) electrons. The van der Waals surface area contributed by atoms with Crippen molar-refractivity contribution in [3.05, 3.63) is 85.1 Å². The molecule has 0 spiro atoms. The molecule has 1 heterocycles. The summed E-state index contributed by atoms with van der Waals surface area (Å²) >= 11 is 0. The Morgan fingerprint density at radius 1 is 0.815 bits per heavy atom. The molecule has 0 bridgehead atoms. The van der Waals surface area contributed by atoms with Crippen LogP contribution in [-0.2, 0) is 0 Å². The van der Waals surface area contributed by atoms with E-state index >= 15 is 0 Å². The zero-order valence-corrected chi connectivity index (χ0v) is 15.3. The molecule has 134 valence electrons. The maximum Gasteiger partial charge on any atom is 0.328 e. The molecule has 0 saturated heterocycles. The molecular formula is C22H20N4O. The standard InChI is InChI=1S/C22H20N4O/c1-24(18-9-5-3-6-10-18)22(27)25(2)20-13-14-21-17(15-20)16-23-26(21)19-11-7-4-8-12-19/h3-16H,1-2H3. The van der Waals surface area contributed by atoms with Crippen LogP contribution in [0.25, 0.3) is 16.6 Å². The Morgan fingerprint density at radius 2 is 1.44 bits per heavy atom. The van der Waals surface area contributed by atoms with Gasteiger partial charge in [-0.3, -0.25) is 9.80 Å². The van der Waals surface area contributed by atoms with Gasteiger partial charge in [-0.15, -0.1) is 0 Å². The number of carbonyl (C=O) groups excluding carboxylic acids is 1. The van der Waals surface area contributed by atoms with Crippen LogP contribution in [0.5, 0.6) is 0 Å². The van der Waals surface area contributed by atoms with E-state index in [0.717, 1.165) is 28.0 Å².